The molecule has 3 rings (SSSR count). The highest BCUT2D eigenvalue weighted by atomic mass is 16.3. The van der Waals surface area contributed by atoms with Gasteiger partial charge in [0.1, 0.15) is 11.7 Å². The van der Waals surface area contributed by atoms with Crippen molar-refractivity contribution in [1.82, 2.24) is 5.32 Å². The van der Waals surface area contributed by atoms with E-state index in [2.05, 4.69) is 12.2 Å². The molecular formula is C18H20N2O3. The van der Waals surface area contributed by atoms with Gasteiger partial charge >= 0.3 is 0 Å². The van der Waals surface area contributed by atoms with Crippen LogP contribution in [0.4, 0.5) is 5.69 Å². The number of aryl methyl sites for hydroxylation is 1. The highest BCUT2D eigenvalue weighted by Gasteiger charge is 2.37. The van der Waals surface area contributed by atoms with Gasteiger partial charge < -0.3 is 14.6 Å². The Labute approximate surface area is 135 Å². The lowest BCUT2D eigenvalue weighted by Crippen LogP contribution is -2.36. The maximum Gasteiger partial charge on any atom is 0.239 e. The maximum absolute atomic E-state index is 12.5. The minimum absolute atomic E-state index is 0.133. The van der Waals surface area contributed by atoms with Crippen molar-refractivity contribution >= 4 is 17.5 Å². The van der Waals surface area contributed by atoms with E-state index in [0.717, 1.165) is 12.1 Å². The standard InChI is InChI=1S/C18H20N2O3/c1-2-13-5-7-14(8-6-13)20-10-9-16(18(20)22)17(21)19-12-15-4-3-11-23-15/h3-8,11,16H,2,9-10,12H2,1H3,(H,19,21)/t16-/m0/s1. The Balaban J connectivity index is 1.62. The van der Waals surface area contributed by atoms with Crippen molar-refractivity contribution in [2.24, 2.45) is 5.92 Å². The van der Waals surface area contributed by atoms with Crippen LogP contribution in [0.3, 0.4) is 0 Å². The Morgan fingerprint density at radius 1 is 1.30 bits per heavy atom. The van der Waals surface area contributed by atoms with E-state index in [1.807, 2.05) is 24.3 Å². The number of anilines is 1. The van der Waals surface area contributed by atoms with Crippen molar-refractivity contribution in [3.05, 3.63) is 54.0 Å². The van der Waals surface area contributed by atoms with E-state index in [9.17, 15) is 9.59 Å². The molecule has 5 nitrogen and oxygen atoms in total. The molecule has 0 radical (unpaired) electrons. The quantitative estimate of drug-likeness (QED) is 0.863. The molecule has 23 heavy (non-hydrogen) atoms. The van der Waals surface area contributed by atoms with E-state index in [-0.39, 0.29) is 11.8 Å². The Kier molecular flexibility index (Phi) is 4.46. The van der Waals surface area contributed by atoms with E-state index >= 15 is 0 Å². The molecule has 1 fully saturated rings. The monoisotopic (exact) mass is 312 g/mol. The third-order valence-corrected chi connectivity index (χ3v) is 4.20. The molecule has 2 heterocycles. The molecule has 120 valence electrons. The summed E-state index contributed by atoms with van der Waals surface area (Å²) in [5.41, 5.74) is 2.08. The number of nitrogens with zero attached hydrogens (tertiary/aromatic N) is 1. The van der Waals surface area contributed by atoms with E-state index < -0.39 is 5.92 Å². The molecule has 1 aromatic carbocycles. The predicted molar refractivity (Wildman–Crippen MR) is 86.8 cm³/mol. The van der Waals surface area contributed by atoms with Crippen molar-refractivity contribution in [2.75, 3.05) is 11.4 Å². The first-order valence-corrected chi connectivity index (χ1v) is 7.89. The van der Waals surface area contributed by atoms with Crippen LogP contribution in [0, 0.1) is 5.92 Å². The molecule has 1 N–H and O–H groups in total. The first-order chi connectivity index (χ1) is 11.2. The van der Waals surface area contributed by atoms with Gasteiger partial charge in [0.05, 0.1) is 12.8 Å². The fourth-order valence-corrected chi connectivity index (χ4v) is 2.80. The van der Waals surface area contributed by atoms with Crippen LogP contribution in [0.5, 0.6) is 0 Å². The van der Waals surface area contributed by atoms with Crippen LogP contribution >= 0.6 is 0 Å². The van der Waals surface area contributed by atoms with E-state index in [1.54, 1.807) is 23.3 Å². The van der Waals surface area contributed by atoms with Crippen molar-refractivity contribution < 1.29 is 14.0 Å². The molecule has 0 spiro atoms. The average molecular weight is 312 g/mol. The van der Waals surface area contributed by atoms with Gasteiger partial charge in [-0.2, -0.15) is 0 Å². The average Bonchev–Trinajstić information content (AvgIpc) is 3.22. The molecule has 1 atom stereocenters. The highest BCUT2D eigenvalue weighted by molar-refractivity contribution is 6.09. The normalized spacial score (nSPS) is 17.5. The number of carbonyl (C=O) groups excluding carboxylic acids is 2. The molecule has 2 aromatic rings. The van der Waals surface area contributed by atoms with Crippen LogP contribution in [-0.4, -0.2) is 18.4 Å². The number of nitrogens with one attached hydrogen (secondary N) is 1. The van der Waals surface area contributed by atoms with Gasteiger partial charge in [-0.3, -0.25) is 9.59 Å². The second-order valence-electron chi connectivity index (χ2n) is 5.65. The molecule has 0 aliphatic carbocycles. The number of amides is 2. The highest BCUT2D eigenvalue weighted by Crippen LogP contribution is 2.25. The molecule has 1 aromatic heterocycles. The van der Waals surface area contributed by atoms with Crippen molar-refractivity contribution in [2.45, 2.75) is 26.3 Å². The molecule has 1 saturated heterocycles. The minimum Gasteiger partial charge on any atom is -0.467 e. The number of rotatable bonds is 5. The Hall–Kier alpha value is -2.56. The lowest BCUT2D eigenvalue weighted by Gasteiger charge is -2.17. The lowest BCUT2D eigenvalue weighted by molar-refractivity contribution is -0.132. The van der Waals surface area contributed by atoms with Gasteiger partial charge in [-0.05, 0) is 42.7 Å². The molecule has 1 aliphatic rings. The largest absolute Gasteiger partial charge is 0.467 e. The fraction of sp³-hybridized carbons (Fsp3) is 0.333. The predicted octanol–water partition coefficient (Wildman–Crippen LogP) is 2.51. The van der Waals surface area contributed by atoms with E-state index in [4.69, 9.17) is 4.42 Å². The van der Waals surface area contributed by atoms with Gasteiger partial charge in [-0.15, -0.1) is 0 Å². The van der Waals surface area contributed by atoms with Crippen molar-refractivity contribution in [1.29, 1.82) is 0 Å². The van der Waals surface area contributed by atoms with Gasteiger partial charge in [0, 0.05) is 12.2 Å². The lowest BCUT2D eigenvalue weighted by atomic mass is 10.1. The second-order valence-corrected chi connectivity index (χ2v) is 5.65. The van der Waals surface area contributed by atoms with Gasteiger partial charge in [-0.1, -0.05) is 19.1 Å². The smallest absolute Gasteiger partial charge is 0.239 e. The fourth-order valence-electron chi connectivity index (χ4n) is 2.80. The summed E-state index contributed by atoms with van der Waals surface area (Å²) in [6.45, 7) is 2.97. The van der Waals surface area contributed by atoms with Crippen LogP contribution in [0.1, 0.15) is 24.7 Å². The molecule has 0 saturated carbocycles. The molecule has 2 amide bonds. The van der Waals surface area contributed by atoms with Crippen LogP contribution in [-0.2, 0) is 22.6 Å². The zero-order chi connectivity index (χ0) is 16.2. The van der Waals surface area contributed by atoms with Crippen LogP contribution in [0.25, 0.3) is 0 Å². The topological polar surface area (TPSA) is 62.6 Å². The van der Waals surface area contributed by atoms with Crippen molar-refractivity contribution in [3.8, 4) is 0 Å². The summed E-state index contributed by atoms with van der Waals surface area (Å²) < 4.78 is 5.18. The Morgan fingerprint density at radius 2 is 2.09 bits per heavy atom. The summed E-state index contributed by atoms with van der Waals surface area (Å²) >= 11 is 0. The van der Waals surface area contributed by atoms with E-state index in [0.29, 0.717) is 25.3 Å². The first kappa shape index (κ1) is 15.3. The van der Waals surface area contributed by atoms with E-state index in [1.165, 1.54) is 5.56 Å². The SMILES string of the molecule is CCc1ccc(N2CC[C@@H](C(=O)NCc3ccco3)C2=O)cc1. The Morgan fingerprint density at radius 3 is 2.74 bits per heavy atom. The third-order valence-electron chi connectivity index (χ3n) is 4.20. The van der Waals surface area contributed by atoms with Gasteiger partial charge in [0.25, 0.3) is 0 Å². The van der Waals surface area contributed by atoms with Crippen LogP contribution in [0.15, 0.2) is 47.1 Å². The molecule has 5 heteroatoms. The number of hydrogen-bond donors (Lipinski definition) is 1. The molecule has 0 unspecified atom stereocenters. The summed E-state index contributed by atoms with van der Waals surface area (Å²) in [5.74, 6) is -0.308. The second kappa shape index (κ2) is 6.69. The van der Waals surface area contributed by atoms with Crippen molar-refractivity contribution in [3.63, 3.8) is 0 Å². The first-order valence-electron chi connectivity index (χ1n) is 7.89. The summed E-state index contributed by atoms with van der Waals surface area (Å²) in [6.07, 6.45) is 3.06. The Bertz CT molecular complexity index is 677. The zero-order valence-corrected chi connectivity index (χ0v) is 13.1. The summed E-state index contributed by atoms with van der Waals surface area (Å²) in [5, 5.41) is 2.77. The zero-order valence-electron chi connectivity index (χ0n) is 13.1. The molecule has 0 bridgehead atoms. The van der Waals surface area contributed by atoms with Gasteiger partial charge in [0.2, 0.25) is 11.8 Å². The van der Waals surface area contributed by atoms with Crippen LogP contribution < -0.4 is 10.2 Å². The van der Waals surface area contributed by atoms with Gasteiger partial charge in [0.15, 0.2) is 0 Å². The summed E-state index contributed by atoms with van der Waals surface area (Å²) in [6, 6.07) is 11.5. The third kappa shape index (κ3) is 3.28. The van der Waals surface area contributed by atoms with Gasteiger partial charge in [-0.25, -0.2) is 0 Å². The number of carbonyl (C=O) groups is 2. The maximum atomic E-state index is 12.5. The molecule has 1 aliphatic heterocycles. The summed E-state index contributed by atoms with van der Waals surface area (Å²) in [7, 11) is 0. The number of benzene rings is 1. The number of hydrogen-bond acceptors (Lipinski definition) is 3. The summed E-state index contributed by atoms with van der Waals surface area (Å²) in [4.78, 5) is 26.4. The molecular weight excluding hydrogens is 292 g/mol. The minimum atomic E-state index is -0.615. The van der Waals surface area contributed by atoms with Crippen LogP contribution in [0.2, 0.25) is 0 Å². The number of furan rings is 1.